The number of ether oxygens (including phenoxy) is 1. The van der Waals surface area contributed by atoms with E-state index in [4.69, 9.17) is 4.74 Å². The molecule has 9 heteroatoms. The quantitative estimate of drug-likeness (QED) is 0.614. The first-order valence-corrected chi connectivity index (χ1v) is 10.6. The normalized spacial score (nSPS) is 14.8. The van der Waals surface area contributed by atoms with E-state index in [1.54, 1.807) is 13.1 Å². The van der Waals surface area contributed by atoms with E-state index in [2.05, 4.69) is 9.97 Å². The molecule has 2 N–H and O–H groups in total. The van der Waals surface area contributed by atoms with Gasteiger partial charge in [0.2, 0.25) is 10.0 Å². The number of carbonyl (C=O) groups is 1. The van der Waals surface area contributed by atoms with Crippen LogP contribution in [0, 0.1) is 0 Å². The van der Waals surface area contributed by atoms with Gasteiger partial charge in [-0.05, 0) is 37.5 Å². The molecule has 0 radical (unpaired) electrons. The van der Waals surface area contributed by atoms with E-state index in [9.17, 15) is 18.0 Å². The Balaban J connectivity index is 1.93. The molecule has 2 aromatic heterocycles. The van der Waals surface area contributed by atoms with Gasteiger partial charge in [0, 0.05) is 35.6 Å². The first kappa shape index (κ1) is 18.7. The van der Waals surface area contributed by atoms with Gasteiger partial charge in [0.15, 0.2) is 0 Å². The summed E-state index contributed by atoms with van der Waals surface area (Å²) in [7, 11) is -2.09. The van der Waals surface area contributed by atoms with Gasteiger partial charge in [0.25, 0.3) is 5.56 Å². The highest BCUT2D eigenvalue weighted by Crippen LogP contribution is 2.32. The van der Waals surface area contributed by atoms with Crippen molar-refractivity contribution >= 4 is 37.8 Å². The van der Waals surface area contributed by atoms with Crippen molar-refractivity contribution in [3.63, 3.8) is 0 Å². The lowest BCUT2D eigenvalue weighted by molar-refractivity contribution is 0.0507. The fourth-order valence-electron chi connectivity index (χ4n) is 3.30. The zero-order valence-corrected chi connectivity index (χ0v) is 16.4. The molecule has 28 heavy (non-hydrogen) atoms. The highest BCUT2D eigenvalue weighted by atomic mass is 32.2. The molecule has 0 unspecified atom stereocenters. The molecule has 0 atom stereocenters. The van der Waals surface area contributed by atoms with Crippen LogP contribution in [0.4, 0.5) is 0 Å². The summed E-state index contributed by atoms with van der Waals surface area (Å²) in [5, 5.41) is 0.843. The summed E-state index contributed by atoms with van der Waals surface area (Å²) in [6, 6.07) is 4.56. The Labute approximate surface area is 161 Å². The minimum Gasteiger partial charge on any atom is -0.462 e. The fourth-order valence-corrected chi connectivity index (χ4v) is 4.74. The van der Waals surface area contributed by atoms with Crippen LogP contribution in [0.3, 0.4) is 0 Å². The van der Waals surface area contributed by atoms with Gasteiger partial charge in [-0.3, -0.25) is 4.79 Å². The van der Waals surface area contributed by atoms with Crippen LogP contribution in [0.1, 0.15) is 36.5 Å². The maximum atomic E-state index is 12.9. The summed E-state index contributed by atoms with van der Waals surface area (Å²) in [5.74, 6) is -0.552. The average Bonchev–Trinajstić information content (AvgIpc) is 3.42. The molecule has 0 bridgehead atoms. The standard InChI is InChI=1S/C19H21N3O5S/c1-3-8-27-19(24)14-10-20-17-16(14)13-9-12(6-7-15(13)21-18(17)23)28(25,26)22(2)11-4-5-11/h6-7,9-11,20H,3-5,8H2,1-2H3,(H,21,23). The lowest BCUT2D eigenvalue weighted by Gasteiger charge is -2.16. The van der Waals surface area contributed by atoms with Crippen LogP contribution < -0.4 is 5.56 Å². The van der Waals surface area contributed by atoms with Crippen LogP contribution in [-0.2, 0) is 14.8 Å². The number of rotatable bonds is 6. The molecule has 0 amide bonds. The van der Waals surface area contributed by atoms with Gasteiger partial charge in [-0.15, -0.1) is 0 Å². The Morgan fingerprint density at radius 2 is 2.07 bits per heavy atom. The van der Waals surface area contributed by atoms with E-state index >= 15 is 0 Å². The number of sulfonamides is 1. The molecule has 148 valence electrons. The Morgan fingerprint density at radius 1 is 1.32 bits per heavy atom. The summed E-state index contributed by atoms with van der Waals surface area (Å²) in [6.45, 7) is 2.15. The zero-order valence-electron chi connectivity index (χ0n) is 15.6. The number of aromatic amines is 2. The Hall–Kier alpha value is -2.65. The minimum atomic E-state index is -3.66. The molecule has 1 saturated carbocycles. The number of nitrogens with zero attached hydrogens (tertiary/aromatic N) is 1. The second-order valence-corrected chi connectivity index (χ2v) is 9.00. The number of hydrogen-bond donors (Lipinski definition) is 2. The van der Waals surface area contributed by atoms with Gasteiger partial charge in [-0.2, -0.15) is 4.31 Å². The largest absolute Gasteiger partial charge is 0.462 e. The van der Waals surface area contributed by atoms with Gasteiger partial charge in [-0.1, -0.05) is 6.92 Å². The summed E-state index contributed by atoms with van der Waals surface area (Å²) in [5.41, 5.74) is 0.489. The molecular weight excluding hydrogens is 382 g/mol. The van der Waals surface area contributed by atoms with Gasteiger partial charge >= 0.3 is 5.97 Å². The number of carbonyl (C=O) groups excluding carboxylic acids is 1. The summed E-state index contributed by atoms with van der Waals surface area (Å²) in [6.07, 6.45) is 3.80. The third kappa shape index (κ3) is 3.00. The molecule has 1 aliphatic rings. The van der Waals surface area contributed by atoms with E-state index in [1.165, 1.54) is 22.6 Å². The van der Waals surface area contributed by atoms with Crippen molar-refractivity contribution in [1.29, 1.82) is 0 Å². The predicted molar refractivity (Wildman–Crippen MR) is 105 cm³/mol. The zero-order chi connectivity index (χ0) is 20.1. The molecule has 3 aromatic rings. The minimum absolute atomic E-state index is 0.0307. The molecular formula is C19H21N3O5S. The number of H-pyrrole nitrogens is 2. The first-order chi connectivity index (χ1) is 13.3. The molecule has 8 nitrogen and oxygen atoms in total. The molecule has 0 spiro atoms. The summed E-state index contributed by atoms with van der Waals surface area (Å²) in [4.78, 5) is 30.5. The van der Waals surface area contributed by atoms with Gasteiger partial charge in [0.1, 0.15) is 5.52 Å². The van der Waals surface area contributed by atoms with Crippen molar-refractivity contribution in [2.75, 3.05) is 13.7 Å². The topological polar surface area (TPSA) is 112 Å². The molecule has 4 rings (SSSR count). The van der Waals surface area contributed by atoms with Crippen LogP contribution >= 0.6 is 0 Å². The number of esters is 1. The Kier molecular flexibility index (Phi) is 4.51. The third-order valence-corrected chi connectivity index (χ3v) is 6.92. The lowest BCUT2D eigenvalue weighted by Crippen LogP contribution is -2.28. The monoisotopic (exact) mass is 403 g/mol. The van der Waals surface area contributed by atoms with E-state index in [1.807, 2.05) is 6.92 Å². The van der Waals surface area contributed by atoms with Gasteiger partial charge in [0.05, 0.1) is 17.1 Å². The molecule has 0 aliphatic heterocycles. The number of benzene rings is 1. The van der Waals surface area contributed by atoms with Crippen molar-refractivity contribution in [2.45, 2.75) is 37.1 Å². The summed E-state index contributed by atoms with van der Waals surface area (Å²) >= 11 is 0. The first-order valence-electron chi connectivity index (χ1n) is 9.17. The fraction of sp³-hybridized carbons (Fsp3) is 0.368. The van der Waals surface area contributed by atoms with E-state index in [-0.39, 0.29) is 34.2 Å². The second kappa shape index (κ2) is 6.75. The second-order valence-electron chi connectivity index (χ2n) is 7.00. The van der Waals surface area contributed by atoms with Crippen molar-refractivity contribution < 1.29 is 17.9 Å². The van der Waals surface area contributed by atoms with Gasteiger partial charge in [-0.25, -0.2) is 13.2 Å². The van der Waals surface area contributed by atoms with Gasteiger partial charge < -0.3 is 14.7 Å². The van der Waals surface area contributed by atoms with Crippen LogP contribution in [0.25, 0.3) is 21.8 Å². The number of aromatic nitrogens is 2. The van der Waals surface area contributed by atoms with Crippen LogP contribution in [-0.4, -0.2) is 48.4 Å². The maximum absolute atomic E-state index is 12.9. The molecule has 1 fully saturated rings. The molecule has 1 aliphatic carbocycles. The Bertz CT molecular complexity index is 1240. The van der Waals surface area contributed by atoms with Crippen molar-refractivity contribution in [3.8, 4) is 0 Å². The lowest BCUT2D eigenvalue weighted by atomic mass is 10.1. The average molecular weight is 403 g/mol. The Morgan fingerprint density at radius 3 is 2.75 bits per heavy atom. The van der Waals surface area contributed by atoms with Crippen molar-refractivity contribution in [2.24, 2.45) is 0 Å². The number of fused-ring (bicyclic) bond motifs is 3. The highest BCUT2D eigenvalue weighted by Gasteiger charge is 2.35. The van der Waals surface area contributed by atoms with Crippen molar-refractivity contribution in [3.05, 3.63) is 40.3 Å². The van der Waals surface area contributed by atoms with Crippen LogP contribution in [0.5, 0.6) is 0 Å². The van der Waals surface area contributed by atoms with Crippen LogP contribution in [0.15, 0.2) is 34.1 Å². The number of hydrogen-bond acceptors (Lipinski definition) is 5. The SMILES string of the molecule is CCCOC(=O)c1c[nH]c2c(=O)[nH]c3ccc(S(=O)(=O)N(C)C4CC4)cc3c12. The van der Waals surface area contributed by atoms with Crippen molar-refractivity contribution in [1.82, 2.24) is 14.3 Å². The third-order valence-electron chi connectivity index (χ3n) is 5.01. The maximum Gasteiger partial charge on any atom is 0.340 e. The smallest absolute Gasteiger partial charge is 0.340 e. The molecule has 2 heterocycles. The van der Waals surface area contributed by atoms with E-state index < -0.39 is 16.0 Å². The van der Waals surface area contributed by atoms with Crippen LogP contribution in [0.2, 0.25) is 0 Å². The number of pyridine rings is 1. The summed E-state index contributed by atoms with van der Waals surface area (Å²) < 4.78 is 32.4. The molecule has 0 saturated heterocycles. The number of nitrogens with one attached hydrogen (secondary N) is 2. The predicted octanol–water partition coefficient (Wildman–Crippen LogP) is 2.36. The molecule has 1 aromatic carbocycles. The van der Waals surface area contributed by atoms with E-state index in [0.29, 0.717) is 22.7 Å². The van der Waals surface area contributed by atoms with E-state index in [0.717, 1.165) is 12.8 Å². The highest BCUT2D eigenvalue weighted by molar-refractivity contribution is 7.89.